The van der Waals surface area contributed by atoms with Gasteiger partial charge in [-0.25, -0.2) is 8.42 Å². The molecule has 2 rings (SSSR count). The van der Waals surface area contributed by atoms with Crippen molar-refractivity contribution in [1.29, 1.82) is 0 Å². The Morgan fingerprint density at radius 3 is 2.70 bits per heavy atom. The van der Waals surface area contributed by atoms with Crippen LogP contribution in [0.5, 0.6) is 5.75 Å². The fraction of sp³-hybridized carbons (Fsp3) is 0.167. The normalized spacial score (nSPS) is 11.3. The minimum atomic E-state index is -3.60. The van der Waals surface area contributed by atoms with E-state index < -0.39 is 10.0 Å². The van der Waals surface area contributed by atoms with Gasteiger partial charge in [0, 0.05) is 16.8 Å². The lowest BCUT2D eigenvalue weighted by Crippen LogP contribution is -2.12. The van der Waals surface area contributed by atoms with Crippen molar-refractivity contribution in [3.8, 4) is 5.75 Å². The Morgan fingerprint density at radius 2 is 2.15 bits per heavy atom. The third-order valence-corrected chi connectivity index (χ3v) is 5.63. The van der Waals surface area contributed by atoms with Gasteiger partial charge in [-0.05, 0) is 40.2 Å². The first-order valence-corrected chi connectivity index (χ1v) is 8.75. The van der Waals surface area contributed by atoms with E-state index in [4.69, 9.17) is 10.5 Å². The number of sulfonamides is 1. The SMILES string of the molecule is COc1ccc(NS(=O)(=O)c2csc(CN)c2)cc1Br. The van der Waals surface area contributed by atoms with E-state index in [2.05, 4.69) is 20.7 Å². The quantitative estimate of drug-likeness (QED) is 0.840. The molecule has 0 amide bonds. The molecule has 0 saturated heterocycles. The van der Waals surface area contributed by atoms with E-state index in [1.54, 1.807) is 36.8 Å². The van der Waals surface area contributed by atoms with E-state index >= 15 is 0 Å². The van der Waals surface area contributed by atoms with Crippen LogP contribution < -0.4 is 15.2 Å². The van der Waals surface area contributed by atoms with E-state index in [1.165, 1.54) is 11.3 Å². The molecule has 1 aromatic carbocycles. The van der Waals surface area contributed by atoms with Crippen molar-refractivity contribution in [1.82, 2.24) is 0 Å². The number of rotatable bonds is 5. The summed E-state index contributed by atoms with van der Waals surface area (Å²) >= 11 is 4.63. The molecule has 0 fully saturated rings. The summed E-state index contributed by atoms with van der Waals surface area (Å²) in [4.78, 5) is 1.04. The van der Waals surface area contributed by atoms with Gasteiger partial charge in [-0.3, -0.25) is 4.72 Å². The summed E-state index contributed by atoms with van der Waals surface area (Å²) < 4.78 is 32.7. The molecule has 1 heterocycles. The monoisotopic (exact) mass is 376 g/mol. The van der Waals surface area contributed by atoms with Crippen molar-refractivity contribution < 1.29 is 13.2 Å². The Hall–Kier alpha value is -1.09. The van der Waals surface area contributed by atoms with Gasteiger partial charge in [0.2, 0.25) is 0 Å². The zero-order valence-corrected chi connectivity index (χ0v) is 13.8. The topological polar surface area (TPSA) is 81.4 Å². The van der Waals surface area contributed by atoms with Crippen LogP contribution >= 0.6 is 27.3 Å². The lowest BCUT2D eigenvalue weighted by Gasteiger charge is -2.09. The third kappa shape index (κ3) is 3.32. The summed E-state index contributed by atoms with van der Waals surface area (Å²) in [6, 6.07) is 6.54. The summed E-state index contributed by atoms with van der Waals surface area (Å²) in [7, 11) is -2.05. The van der Waals surface area contributed by atoms with Gasteiger partial charge in [-0.2, -0.15) is 0 Å². The molecule has 0 atom stereocenters. The molecule has 20 heavy (non-hydrogen) atoms. The first-order valence-electron chi connectivity index (χ1n) is 5.60. The average Bonchev–Trinajstić information content (AvgIpc) is 2.88. The highest BCUT2D eigenvalue weighted by atomic mass is 79.9. The largest absolute Gasteiger partial charge is 0.496 e. The highest BCUT2D eigenvalue weighted by Gasteiger charge is 2.16. The van der Waals surface area contributed by atoms with Crippen LogP contribution in [0, 0.1) is 0 Å². The van der Waals surface area contributed by atoms with Gasteiger partial charge >= 0.3 is 0 Å². The Morgan fingerprint density at radius 1 is 1.40 bits per heavy atom. The predicted molar refractivity (Wildman–Crippen MR) is 83.7 cm³/mol. The van der Waals surface area contributed by atoms with Crippen LogP contribution in [0.2, 0.25) is 0 Å². The highest BCUT2D eigenvalue weighted by molar-refractivity contribution is 9.10. The first-order chi connectivity index (χ1) is 9.46. The summed E-state index contributed by atoms with van der Waals surface area (Å²) in [5.74, 6) is 0.633. The number of anilines is 1. The Kier molecular flexibility index (Phi) is 4.69. The van der Waals surface area contributed by atoms with E-state index in [0.717, 1.165) is 4.88 Å². The van der Waals surface area contributed by atoms with Gasteiger partial charge in [0.25, 0.3) is 10.0 Å². The van der Waals surface area contributed by atoms with Crippen LogP contribution in [0.1, 0.15) is 4.88 Å². The predicted octanol–water partition coefficient (Wildman–Crippen LogP) is 2.78. The van der Waals surface area contributed by atoms with Gasteiger partial charge in [0.15, 0.2) is 0 Å². The maximum absolute atomic E-state index is 12.2. The van der Waals surface area contributed by atoms with Crippen molar-refractivity contribution in [2.45, 2.75) is 11.4 Å². The van der Waals surface area contributed by atoms with Crippen molar-refractivity contribution in [3.05, 3.63) is 39.0 Å². The van der Waals surface area contributed by atoms with Crippen LogP contribution in [0.4, 0.5) is 5.69 Å². The molecule has 1 aromatic heterocycles. The van der Waals surface area contributed by atoms with E-state index in [9.17, 15) is 8.42 Å². The van der Waals surface area contributed by atoms with E-state index in [1.807, 2.05) is 0 Å². The summed E-state index contributed by atoms with van der Waals surface area (Å²) in [6.07, 6.45) is 0. The summed E-state index contributed by atoms with van der Waals surface area (Å²) in [5, 5.41) is 1.57. The summed E-state index contributed by atoms with van der Waals surface area (Å²) in [5.41, 5.74) is 5.94. The zero-order chi connectivity index (χ0) is 14.8. The molecule has 5 nitrogen and oxygen atoms in total. The fourth-order valence-corrected chi connectivity index (χ4v) is 4.30. The summed E-state index contributed by atoms with van der Waals surface area (Å²) in [6.45, 7) is 0.328. The second kappa shape index (κ2) is 6.13. The molecule has 0 radical (unpaired) electrons. The van der Waals surface area contributed by atoms with Crippen LogP contribution in [0.15, 0.2) is 39.0 Å². The molecule has 0 aliphatic heterocycles. The molecule has 0 aliphatic rings. The number of hydrogen-bond acceptors (Lipinski definition) is 5. The lowest BCUT2D eigenvalue weighted by atomic mass is 10.3. The lowest BCUT2D eigenvalue weighted by molar-refractivity contribution is 0.412. The molecule has 0 aliphatic carbocycles. The minimum absolute atomic E-state index is 0.217. The van der Waals surface area contributed by atoms with Crippen LogP contribution in [0.25, 0.3) is 0 Å². The molecule has 0 spiro atoms. The Labute approximate surface area is 129 Å². The van der Waals surface area contributed by atoms with Crippen LogP contribution in [-0.4, -0.2) is 15.5 Å². The second-order valence-corrected chi connectivity index (χ2v) is 7.44. The molecule has 0 unspecified atom stereocenters. The average molecular weight is 377 g/mol. The van der Waals surface area contributed by atoms with E-state index in [0.29, 0.717) is 22.5 Å². The molecule has 3 N–H and O–H groups in total. The number of ether oxygens (including phenoxy) is 1. The third-order valence-electron chi connectivity index (χ3n) is 2.55. The molecular formula is C12H13BrN2O3S2. The fourth-order valence-electron chi connectivity index (χ4n) is 1.55. The van der Waals surface area contributed by atoms with Gasteiger partial charge < -0.3 is 10.5 Å². The Balaban J connectivity index is 2.26. The smallest absolute Gasteiger partial charge is 0.262 e. The molecule has 0 bridgehead atoms. The van der Waals surface area contributed by atoms with Gasteiger partial charge in [-0.15, -0.1) is 11.3 Å². The Bertz CT molecular complexity index is 713. The standard InChI is InChI=1S/C12H13BrN2O3S2/c1-18-12-3-2-8(4-11(12)13)15-20(16,17)10-5-9(6-14)19-7-10/h2-5,7,15H,6,14H2,1H3. The van der Waals surface area contributed by atoms with Gasteiger partial charge in [-0.1, -0.05) is 0 Å². The molecule has 2 aromatic rings. The van der Waals surface area contributed by atoms with Crippen LogP contribution in [0.3, 0.4) is 0 Å². The number of halogens is 1. The van der Waals surface area contributed by atoms with Crippen molar-refractivity contribution in [2.24, 2.45) is 5.73 Å². The molecular weight excluding hydrogens is 364 g/mol. The minimum Gasteiger partial charge on any atom is -0.496 e. The number of methoxy groups -OCH3 is 1. The van der Waals surface area contributed by atoms with Crippen molar-refractivity contribution >= 4 is 43.0 Å². The second-order valence-electron chi connectivity index (χ2n) is 3.91. The first kappa shape index (κ1) is 15.3. The number of nitrogens with two attached hydrogens (primary N) is 1. The maximum Gasteiger partial charge on any atom is 0.262 e. The van der Waals surface area contributed by atoms with Crippen molar-refractivity contribution in [2.75, 3.05) is 11.8 Å². The highest BCUT2D eigenvalue weighted by Crippen LogP contribution is 2.29. The van der Waals surface area contributed by atoms with Crippen molar-refractivity contribution in [3.63, 3.8) is 0 Å². The molecule has 0 saturated carbocycles. The molecule has 108 valence electrons. The van der Waals surface area contributed by atoms with Gasteiger partial charge in [0.05, 0.1) is 22.2 Å². The van der Waals surface area contributed by atoms with Gasteiger partial charge in [0.1, 0.15) is 5.75 Å². The molecule has 8 heteroatoms. The van der Waals surface area contributed by atoms with E-state index in [-0.39, 0.29) is 4.90 Å². The van der Waals surface area contributed by atoms with Crippen LogP contribution in [-0.2, 0) is 16.6 Å². The number of thiophene rings is 1. The maximum atomic E-state index is 12.2. The number of benzene rings is 1. The number of hydrogen-bond donors (Lipinski definition) is 2. The number of nitrogens with one attached hydrogen (secondary N) is 1. The zero-order valence-electron chi connectivity index (χ0n) is 10.6.